The van der Waals surface area contributed by atoms with Gasteiger partial charge in [0.25, 0.3) is 5.91 Å². The zero-order valence-electron chi connectivity index (χ0n) is 10.4. The van der Waals surface area contributed by atoms with E-state index in [-0.39, 0.29) is 5.91 Å². The standard InChI is InChI=1S/C14H15N3O/c1-15-12-5-3-4-10(8-12)11-6-7-13(17-9-11)14(18)16-2/h3-9,15H,1-2H3,(H,16,18). The quantitative estimate of drug-likeness (QED) is 0.865. The van der Waals surface area contributed by atoms with E-state index in [1.54, 1.807) is 19.3 Å². The van der Waals surface area contributed by atoms with Crippen LogP contribution in [0.1, 0.15) is 10.5 Å². The predicted molar refractivity (Wildman–Crippen MR) is 72.6 cm³/mol. The number of rotatable bonds is 3. The molecule has 92 valence electrons. The number of benzene rings is 1. The van der Waals surface area contributed by atoms with Gasteiger partial charge in [-0.1, -0.05) is 18.2 Å². The summed E-state index contributed by atoms with van der Waals surface area (Å²) < 4.78 is 0. The van der Waals surface area contributed by atoms with Crippen LogP contribution in [-0.4, -0.2) is 25.0 Å². The third-order valence-electron chi connectivity index (χ3n) is 2.71. The Hall–Kier alpha value is -2.36. The van der Waals surface area contributed by atoms with Crippen molar-refractivity contribution in [2.24, 2.45) is 0 Å². The summed E-state index contributed by atoms with van der Waals surface area (Å²) in [4.78, 5) is 15.5. The van der Waals surface area contributed by atoms with Gasteiger partial charge in [-0.25, -0.2) is 0 Å². The molecular weight excluding hydrogens is 226 g/mol. The van der Waals surface area contributed by atoms with E-state index in [4.69, 9.17) is 0 Å². The van der Waals surface area contributed by atoms with E-state index >= 15 is 0 Å². The van der Waals surface area contributed by atoms with E-state index in [2.05, 4.69) is 15.6 Å². The number of carbonyl (C=O) groups is 1. The minimum absolute atomic E-state index is 0.175. The maximum atomic E-state index is 11.4. The Morgan fingerprint density at radius 2 is 1.94 bits per heavy atom. The third kappa shape index (κ3) is 2.48. The maximum Gasteiger partial charge on any atom is 0.269 e. The molecule has 0 aliphatic heterocycles. The van der Waals surface area contributed by atoms with Crippen molar-refractivity contribution in [3.8, 4) is 11.1 Å². The van der Waals surface area contributed by atoms with Gasteiger partial charge in [-0.2, -0.15) is 0 Å². The van der Waals surface area contributed by atoms with Gasteiger partial charge in [-0.3, -0.25) is 9.78 Å². The second-order valence-electron chi connectivity index (χ2n) is 3.84. The van der Waals surface area contributed by atoms with E-state index in [1.165, 1.54) is 0 Å². The molecule has 18 heavy (non-hydrogen) atoms. The van der Waals surface area contributed by atoms with Gasteiger partial charge >= 0.3 is 0 Å². The third-order valence-corrected chi connectivity index (χ3v) is 2.71. The first kappa shape index (κ1) is 12.1. The number of nitrogens with one attached hydrogen (secondary N) is 2. The second-order valence-corrected chi connectivity index (χ2v) is 3.84. The van der Waals surface area contributed by atoms with Crippen LogP contribution in [0.3, 0.4) is 0 Å². The largest absolute Gasteiger partial charge is 0.388 e. The number of carbonyl (C=O) groups excluding carboxylic acids is 1. The van der Waals surface area contributed by atoms with Gasteiger partial charge in [0.05, 0.1) is 0 Å². The molecule has 0 atom stereocenters. The average Bonchev–Trinajstić information content (AvgIpc) is 2.46. The highest BCUT2D eigenvalue weighted by Gasteiger charge is 2.05. The normalized spacial score (nSPS) is 9.89. The van der Waals surface area contributed by atoms with Crippen LogP contribution in [-0.2, 0) is 0 Å². The number of amides is 1. The van der Waals surface area contributed by atoms with E-state index in [1.807, 2.05) is 37.4 Å². The van der Waals surface area contributed by atoms with Crippen molar-refractivity contribution in [2.45, 2.75) is 0 Å². The lowest BCUT2D eigenvalue weighted by Gasteiger charge is -2.05. The molecule has 0 unspecified atom stereocenters. The Labute approximate surface area is 106 Å². The predicted octanol–water partition coefficient (Wildman–Crippen LogP) is 2.15. The van der Waals surface area contributed by atoms with Gasteiger partial charge in [-0.15, -0.1) is 0 Å². The highest BCUT2D eigenvalue weighted by molar-refractivity contribution is 5.92. The molecule has 2 N–H and O–H groups in total. The number of anilines is 1. The van der Waals surface area contributed by atoms with Gasteiger partial charge in [0.2, 0.25) is 0 Å². The fourth-order valence-corrected chi connectivity index (χ4v) is 1.68. The van der Waals surface area contributed by atoms with Crippen molar-refractivity contribution < 1.29 is 4.79 Å². The van der Waals surface area contributed by atoms with Crippen LogP contribution >= 0.6 is 0 Å². The van der Waals surface area contributed by atoms with Gasteiger partial charge < -0.3 is 10.6 Å². The highest BCUT2D eigenvalue weighted by atomic mass is 16.1. The molecule has 0 bridgehead atoms. The van der Waals surface area contributed by atoms with E-state index in [0.717, 1.165) is 16.8 Å². The van der Waals surface area contributed by atoms with Crippen LogP contribution in [0, 0.1) is 0 Å². The minimum atomic E-state index is -0.175. The smallest absolute Gasteiger partial charge is 0.269 e. The molecule has 1 aromatic carbocycles. The van der Waals surface area contributed by atoms with Crippen molar-refractivity contribution in [1.29, 1.82) is 0 Å². The van der Waals surface area contributed by atoms with Gasteiger partial charge in [-0.05, 0) is 23.8 Å². The molecule has 0 fully saturated rings. The van der Waals surface area contributed by atoms with Crippen LogP contribution in [0.4, 0.5) is 5.69 Å². The molecule has 0 spiro atoms. The van der Waals surface area contributed by atoms with Crippen molar-refractivity contribution >= 4 is 11.6 Å². The number of nitrogens with zero attached hydrogens (tertiary/aromatic N) is 1. The van der Waals surface area contributed by atoms with Crippen LogP contribution in [0.15, 0.2) is 42.6 Å². The number of pyridine rings is 1. The zero-order valence-corrected chi connectivity index (χ0v) is 10.4. The van der Waals surface area contributed by atoms with E-state index in [0.29, 0.717) is 5.69 Å². The van der Waals surface area contributed by atoms with Gasteiger partial charge in [0.15, 0.2) is 0 Å². The molecule has 1 aromatic heterocycles. The highest BCUT2D eigenvalue weighted by Crippen LogP contribution is 2.21. The number of aromatic nitrogens is 1. The summed E-state index contributed by atoms with van der Waals surface area (Å²) in [6.07, 6.45) is 1.71. The average molecular weight is 241 g/mol. The lowest BCUT2D eigenvalue weighted by molar-refractivity contribution is 0.0958. The van der Waals surface area contributed by atoms with Crippen LogP contribution in [0.25, 0.3) is 11.1 Å². The molecule has 0 saturated heterocycles. The summed E-state index contributed by atoms with van der Waals surface area (Å²) >= 11 is 0. The summed E-state index contributed by atoms with van der Waals surface area (Å²) in [5.41, 5.74) is 3.52. The molecule has 2 aromatic rings. The molecule has 4 heteroatoms. The van der Waals surface area contributed by atoms with E-state index in [9.17, 15) is 4.79 Å². The van der Waals surface area contributed by atoms with Crippen molar-refractivity contribution in [2.75, 3.05) is 19.4 Å². The summed E-state index contributed by atoms with van der Waals surface area (Å²) in [6.45, 7) is 0. The minimum Gasteiger partial charge on any atom is -0.388 e. The van der Waals surface area contributed by atoms with Crippen LogP contribution in [0.5, 0.6) is 0 Å². The maximum absolute atomic E-state index is 11.4. The Morgan fingerprint density at radius 3 is 2.56 bits per heavy atom. The van der Waals surface area contributed by atoms with Crippen molar-refractivity contribution in [3.05, 3.63) is 48.3 Å². The molecular formula is C14H15N3O. The SMILES string of the molecule is CNC(=O)c1ccc(-c2cccc(NC)c2)cn1. The Balaban J connectivity index is 2.31. The fourth-order valence-electron chi connectivity index (χ4n) is 1.68. The summed E-state index contributed by atoms with van der Waals surface area (Å²) in [5, 5.41) is 5.64. The second kappa shape index (κ2) is 5.31. The molecule has 2 rings (SSSR count). The lowest BCUT2D eigenvalue weighted by Crippen LogP contribution is -2.18. The van der Waals surface area contributed by atoms with Crippen LogP contribution in [0.2, 0.25) is 0 Å². The number of hydrogen-bond donors (Lipinski definition) is 2. The first-order valence-corrected chi connectivity index (χ1v) is 5.71. The Kier molecular flexibility index (Phi) is 3.57. The molecule has 1 heterocycles. The van der Waals surface area contributed by atoms with Gasteiger partial charge in [0, 0.05) is 31.5 Å². The lowest BCUT2D eigenvalue weighted by atomic mass is 10.1. The summed E-state index contributed by atoms with van der Waals surface area (Å²) in [5.74, 6) is -0.175. The molecule has 0 saturated carbocycles. The molecule has 1 amide bonds. The van der Waals surface area contributed by atoms with Crippen molar-refractivity contribution in [3.63, 3.8) is 0 Å². The van der Waals surface area contributed by atoms with Crippen molar-refractivity contribution in [1.82, 2.24) is 10.3 Å². The molecule has 0 aliphatic carbocycles. The van der Waals surface area contributed by atoms with E-state index < -0.39 is 0 Å². The molecule has 4 nitrogen and oxygen atoms in total. The van der Waals surface area contributed by atoms with Gasteiger partial charge in [0.1, 0.15) is 5.69 Å². The monoisotopic (exact) mass is 241 g/mol. The Morgan fingerprint density at radius 1 is 1.11 bits per heavy atom. The first-order chi connectivity index (χ1) is 8.74. The van der Waals surface area contributed by atoms with Crippen LogP contribution < -0.4 is 10.6 Å². The molecule has 0 radical (unpaired) electrons. The number of hydrogen-bond acceptors (Lipinski definition) is 3. The fraction of sp³-hybridized carbons (Fsp3) is 0.143. The summed E-state index contributed by atoms with van der Waals surface area (Å²) in [6, 6.07) is 11.6. The zero-order chi connectivity index (χ0) is 13.0. The summed E-state index contributed by atoms with van der Waals surface area (Å²) in [7, 11) is 3.47. The Bertz CT molecular complexity index is 549. The molecule has 0 aliphatic rings. The topological polar surface area (TPSA) is 54.0 Å². The first-order valence-electron chi connectivity index (χ1n) is 5.71.